The molecule has 96 valence electrons. The van der Waals surface area contributed by atoms with Gasteiger partial charge in [-0.3, -0.25) is 0 Å². The van der Waals surface area contributed by atoms with Crippen molar-refractivity contribution in [2.75, 3.05) is 0 Å². The van der Waals surface area contributed by atoms with Crippen molar-refractivity contribution in [3.63, 3.8) is 0 Å². The zero-order valence-electron chi connectivity index (χ0n) is 11.5. The molecule has 0 aliphatic heterocycles. The molecule has 0 fully saturated rings. The van der Waals surface area contributed by atoms with Gasteiger partial charge in [0.2, 0.25) is 0 Å². The summed E-state index contributed by atoms with van der Waals surface area (Å²) in [6, 6.07) is 0. The predicted octanol–water partition coefficient (Wildman–Crippen LogP) is 4.65. The second-order valence-electron chi connectivity index (χ2n) is 4.53. The third-order valence-corrected chi connectivity index (χ3v) is 2.19. The van der Waals surface area contributed by atoms with Crippen LogP contribution < -0.4 is 0 Å². The number of unbranched alkanes of at least 4 members (excludes halogenated alkanes) is 3. The average molecular weight is 228 g/mol. The summed E-state index contributed by atoms with van der Waals surface area (Å²) in [6.45, 7) is 10.2. The van der Waals surface area contributed by atoms with E-state index in [2.05, 4.69) is 27.7 Å². The topological polar surface area (TPSA) is 37.3 Å². The lowest BCUT2D eigenvalue weighted by atomic mass is 10.1. The number of carboxylic acid groups (broad SMARTS) is 1. The number of allylic oxidation sites excluding steroid dienone is 1. The van der Waals surface area contributed by atoms with Gasteiger partial charge in [-0.1, -0.05) is 59.5 Å². The van der Waals surface area contributed by atoms with Gasteiger partial charge in [0.15, 0.2) is 0 Å². The van der Waals surface area contributed by atoms with Crippen molar-refractivity contribution < 1.29 is 9.90 Å². The molecule has 0 unspecified atom stereocenters. The van der Waals surface area contributed by atoms with Crippen molar-refractivity contribution in [2.45, 2.75) is 66.7 Å². The largest absolute Gasteiger partial charge is 0.478 e. The SMILES string of the molecule is CC(=CCC(C)C)C(=O)O.CCCCCC. The zero-order valence-corrected chi connectivity index (χ0v) is 11.5. The highest BCUT2D eigenvalue weighted by atomic mass is 16.4. The van der Waals surface area contributed by atoms with Gasteiger partial charge < -0.3 is 5.11 Å². The van der Waals surface area contributed by atoms with Crippen LogP contribution in [0.3, 0.4) is 0 Å². The number of aliphatic carboxylic acids is 1. The molecule has 0 aromatic rings. The number of carboxylic acids is 1. The van der Waals surface area contributed by atoms with E-state index in [1.165, 1.54) is 25.7 Å². The molecule has 0 aromatic heterocycles. The first-order valence-corrected chi connectivity index (χ1v) is 6.35. The molecule has 0 heterocycles. The van der Waals surface area contributed by atoms with Crippen molar-refractivity contribution in [3.05, 3.63) is 11.6 Å². The van der Waals surface area contributed by atoms with Crippen LogP contribution in [0.2, 0.25) is 0 Å². The fourth-order valence-corrected chi connectivity index (χ4v) is 1.000. The predicted molar refractivity (Wildman–Crippen MR) is 70.7 cm³/mol. The molecule has 1 N–H and O–H groups in total. The standard InChI is InChI=1S/C8H14O2.C6H14/c1-6(2)4-5-7(3)8(9)10;1-3-5-6-4-2/h5-6H,4H2,1-3H3,(H,9,10);3-6H2,1-2H3. The van der Waals surface area contributed by atoms with Crippen LogP contribution in [-0.4, -0.2) is 11.1 Å². The summed E-state index contributed by atoms with van der Waals surface area (Å²) < 4.78 is 0. The van der Waals surface area contributed by atoms with Gasteiger partial charge in [0.1, 0.15) is 0 Å². The summed E-state index contributed by atoms with van der Waals surface area (Å²) >= 11 is 0. The van der Waals surface area contributed by atoms with Crippen molar-refractivity contribution in [2.24, 2.45) is 5.92 Å². The van der Waals surface area contributed by atoms with E-state index in [-0.39, 0.29) is 0 Å². The molecule has 0 amide bonds. The Bertz CT molecular complexity index is 189. The van der Waals surface area contributed by atoms with Crippen LogP contribution in [0.1, 0.15) is 66.7 Å². The molecule has 0 saturated heterocycles. The maximum atomic E-state index is 10.2. The lowest BCUT2D eigenvalue weighted by Gasteiger charge is -1.97. The summed E-state index contributed by atoms with van der Waals surface area (Å²) in [6.07, 6.45) is 8.14. The Morgan fingerprint density at radius 2 is 1.62 bits per heavy atom. The van der Waals surface area contributed by atoms with Gasteiger partial charge in [0, 0.05) is 5.57 Å². The smallest absolute Gasteiger partial charge is 0.330 e. The van der Waals surface area contributed by atoms with Crippen LogP contribution in [-0.2, 0) is 4.79 Å². The minimum Gasteiger partial charge on any atom is -0.478 e. The Balaban J connectivity index is 0. The van der Waals surface area contributed by atoms with E-state index in [1.807, 2.05) is 0 Å². The lowest BCUT2D eigenvalue weighted by Crippen LogP contribution is -1.96. The van der Waals surface area contributed by atoms with Crippen LogP contribution in [0.15, 0.2) is 11.6 Å². The molecule has 2 nitrogen and oxygen atoms in total. The molecule has 0 spiro atoms. The van der Waals surface area contributed by atoms with Gasteiger partial charge in [-0.25, -0.2) is 4.79 Å². The summed E-state index contributed by atoms with van der Waals surface area (Å²) in [5, 5.41) is 8.43. The highest BCUT2D eigenvalue weighted by Gasteiger charge is 1.98. The van der Waals surface area contributed by atoms with E-state index in [9.17, 15) is 4.79 Å². The molecule has 2 heteroatoms. The van der Waals surface area contributed by atoms with Crippen LogP contribution in [0.5, 0.6) is 0 Å². The van der Waals surface area contributed by atoms with Crippen LogP contribution in [0, 0.1) is 5.92 Å². The molecule has 0 atom stereocenters. The van der Waals surface area contributed by atoms with Gasteiger partial charge in [-0.05, 0) is 19.3 Å². The van der Waals surface area contributed by atoms with Crippen molar-refractivity contribution in [3.8, 4) is 0 Å². The molecule has 0 aromatic carbocycles. The van der Waals surface area contributed by atoms with Crippen molar-refractivity contribution in [1.29, 1.82) is 0 Å². The van der Waals surface area contributed by atoms with E-state index < -0.39 is 5.97 Å². The van der Waals surface area contributed by atoms with Gasteiger partial charge in [-0.15, -0.1) is 0 Å². The van der Waals surface area contributed by atoms with E-state index in [0.29, 0.717) is 11.5 Å². The maximum absolute atomic E-state index is 10.2. The van der Waals surface area contributed by atoms with Gasteiger partial charge >= 0.3 is 5.97 Å². The Hall–Kier alpha value is -0.790. The van der Waals surface area contributed by atoms with Crippen molar-refractivity contribution in [1.82, 2.24) is 0 Å². The first kappa shape index (κ1) is 17.6. The molecule has 0 saturated carbocycles. The minimum absolute atomic E-state index is 0.439. The molecule has 0 bridgehead atoms. The summed E-state index contributed by atoms with van der Waals surface area (Å²) in [5.74, 6) is -0.282. The van der Waals surface area contributed by atoms with Gasteiger partial charge in [0.25, 0.3) is 0 Å². The Labute approximate surface area is 101 Å². The summed E-state index contributed by atoms with van der Waals surface area (Å²) in [5.41, 5.74) is 0.439. The second-order valence-corrected chi connectivity index (χ2v) is 4.53. The summed E-state index contributed by atoms with van der Waals surface area (Å²) in [7, 11) is 0. The Kier molecular flexibility index (Phi) is 13.5. The number of hydrogen-bond donors (Lipinski definition) is 1. The van der Waals surface area contributed by atoms with E-state index >= 15 is 0 Å². The fourth-order valence-electron chi connectivity index (χ4n) is 1.000. The zero-order chi connectivity index (χ0) is 13.0. The number of rotatable bonds is 6. The molecule has 0 rings (SSSR count). The van der Waals surface area contributed by atoms with E-state index in [0.717, 1.165) is 6.42 Å². The number of hydrogen-bond acceptors (Lipinski definition) is 1. The maximum Gasteiger partial charge on any atom is 0.330 e. The monoisotopic (exact) mass is 228 g/mol. The van der Waals surface area contributed by atoms with Gasteiger partial charge in [0.05, 0.1) is 0 Å². The molecular formula is C14H28O2. The average Bonchev–Trinajstić information content (AvgIpc) is 2.23. The Morgan fingerprint density at radius 1 is 1.19 bits per heavy atom. The third-order valence-electron chi connectivity index (χ3n) is 2.19. The summed E-state index contributed by atoms with van der Waals surface area (Å²) in [4.78, 5) is 10.2. The number of carbonyl (C=O) groups is 1. The Morgan fingerprint density at radius 3 is 1.88 bits per heavy atom. The molecule has 0 radical (unpaired) electrons. The second kappa shape index (κ2) is 12.3. The molecular weight excluding hydrogens is 200 g/mol. The highest BCUT2D eigenvalue weighted by Crippen LogP contribution is 2.03. The molecule has 16 heavy (non-hydrogen) atoms. The van der Waals surface area contributed by atoms with E-state index in [4.69, 9.17) is 5.11 Å². The first-order chi connectivity index (χ1) is 7.45. The van der Waals surface area contributed by atoms with Crippen LogP contribution >= 0.6 is 0 Å². The first-order valence-electron chi connectivity index (χ1n) is 6.35. The molecule has 0 aliphatic carbocycles. The fraction of sp³-hybridized carbons (Fsp3) is 0.786. The van der Waals surface area contributed by atoms with Gasteiger partial charge in [-0.2, -0.15) is 0 Å². The molecule has 0 aliphatic rings. The third kappa shape index (κ3) is 15.7. The van der Waals surface area contributed by atoms with E-state index in [1.54, 1.807) is 13.0 Å². The highest BCUT2D eigenvalue weighted by molar-refractivity contribution is 5.85. The van der Waals surface area contributed by atoms with Crippen LogP contribution in [0.4, 0.5) is 0 Å². The van der Waals surface area contributed by atoms with Crippen LogP contribution in [0.25, 0.3) is 0 Å². The lowest BCUT2D eigenvalue weighted by molar-refractivity contribution is -0.132. The van der Waals surface area contributed by atoms with Crippen molar-refractivity contribution >= 4 is 5.97 Å². The quantitative estimate of drug-likeness (QED) is 0.530. The minimum atomic E-state index is -0.819. The normalized spacial score (nSPS) is 11.0.